The normalized spacial score (nSPS) is 13.4. The molecule has 174 valence electrons. The number of nitrogens with two attached hydrogens (primary N) is 1. The number of rotatable bonds is 6. The zero-order valence-corrected chi connectivity index (χ0v) is 18.3. The van der Waals surface area contributed by atoms with E-state index in [9.17, 15) is 21.8 Å². The van der Waals surface area contributed by atoms with Gasteiger partial charge < -0.3 is 5.73 Å². The summed E-state index contributed by atoms with van der Waals surface area (Å²) in [5.41, 5.74) is 6.57. The Kier molecular flexibility index (Phi) is 6.71. The van der Waals surface area contributed by atoms with Crippen molar-refractivity contribution in [2.24, 2.45) is 0 Å². The summed E-state index contributed by atoms with van der Waals surface area (Å²) in [5.74, 6) is -0.431. The predicted octanol–water partition coefficient (Wildman–Crippen LogP) is 5.45. The number of alkyl halides is 3. The van der Waals surface area contributed by atoms with Gasteiger partial charge in [-0.05, 0) is 34.9 Å². The van der Waals surface area contributed by atoms with Gasteiger partial charge in [0.1, 0.15) is 28.7 Å². The van der Waals surface area contributed by atoms with Crippen LogP contribution in [0.3, 0.4) is 0 Å². The molecule has 34 heavy (non-hydrogen) atoms. The largest absolute Gasteiger partial charge is 0.408 e. The number of hydrogen-bond acceptors (Lipinski definition) is 4. The van der Waals surface area contributed by atoms with E-state index in [-0.39, 0.29) is 27.5 Å². The average Bonchev–Trinajstić information content (AvgIpc) is 2.83. The molecule has 0 saturated heterocycles. The smallest absolute Gasteiger partial charge is 0.382 e. The summed E-state index contributed by atoms with van der Waals surface area (Å²) in [4.78, 5) is 8.03. The molecule has 0 amide bonds. The van der Waals surface area contributed by atoms with Crippen LogP contribution in [0.25, 0.3) is 22.4 Å². The Balaban J connectivity index is 1.67. The van der Waals surface area contributed by atoms with Gasteiger partial charge in [-0.2, -0.15) is 13.2 Å². The number of hydrogen-bond donors (Lipinski definition) is 2. The van der Waals surface area contributed by atoms with Crippen LogP contribution in [0.1, 0.15) is 11.6 Å². The fourth-order valence-corrected chi connectivity index (χ4v) is 4.57. The van der Waals surface area contributed by atoms with Crippen molar-refractivity contribution in [2.45, 2.75) is 17.1 Å². The maximum Gasteiger partial charge on any atom is 0.408 e. The lowest BCUT2D eigenvalue weighted by Gasteiger charge is -2.22. The minimum Gasteiger partial charge on any atom is -0.382 e. The Bertz CT molecular complexity index is 1310. The van der Waals surface area contributed by atoms with E-state index in [2.05, 4.69) is 14.7 Å². The number of aromatic nitrogens is 2. The summed E-state index contributed by atoms with van der Waals surface area (Å²) < 4.78 is 71.3. The van der Waals surface area contributed by atoms with E-state index in [1.54, 1.807) is 30.3 Å². The number of halogens is 4. The van der Waals surface area contributed by atoms with Crippen molar-refractivity contribution in [1.82, 2.24) is 14.7 Å². The van der Waals surface area contributed by atoms with Crippen LogP contribution < -0.4 is 10.5 Å². The fourth-order valence-electron chi connectivity index (χ4n) is 3.37. The molecular formula is C24H18F4N4OS. The molecule has 1 heterocycles. The monoisotopic (exact) mass is 486 g/mol. The van der Waals surface area contributed by atoms with Gasteiger partial charge in [0, 0.05) is 5.56 Å². The second-order valence-electron chi connectivity index (χ2n) is 7.29. The van der Waals surface area contributed by atoms with Gasteiger partial charge in [-0.25, -0.2) is 18.3 Å². The van der Waals surface area contributed by atoms with Gasteiger partial charge in [0.15, 0.2) is 0 Å². The zero-order chi connectivity index (χ0) is 24.3. The van der Waals surface area contributed by atoms with Crippen molar-refractivity contribution >= 4 is 16.8 Å². The Morgan fingerprint density at radius 3 is 2.24 bits per heavy atom. The maximum atomic E-state index is 14.9. The topological polar surface area (TPSA) is 80.9 Å². The van der Waals surface area contributed by atoms with Crippen LogP contribution in [0.5, 0.6) is 0 Å². The average molecular weight is 486 g/mol. The van der Waals surface area contributed by atoms with E-state index < -0.39 is 29.0 Å². The van der Waals surface area contributed by atoms with E-state index in [1.807, 2.05) is 0 Å². The number of benzene rings is 3. The van der Waals surface area contributed by atoms with Crippen molar-refractivity contribution < 1.29 is 21.8 Å². The molecule has 10 heteroatoms. The maximum absolute atomic E-state index is 14.9. The van der Waals surface area contributed by atoms with Crippen molar-refractivity contribution in [3.05, 3.63) is 96.6 Å². The Morgan fingerprint density at radius 1 is 0.882 bits per heavy atom. The van der Waals surface area contributed by atoms with E-state index in [4.69, 9.17) is 5.73 Å². The van der Waals surface area contributed by atoms with Crippen LogP contribution in [-0.2, 0) is 11.0 Å². The van der Waals surface area contributed by atoms with Gasteiger partial charge >= 0.3 is 6.18 Å². The van der Waals surface area contributed by atoms with Crippen molar-refractivity contribution in [1.29, 1.82) is 0 Å². The Hall–Kier alpha value is -3.63. The molecular weight excluding hydrogens is 468 g/mol. The number of nitrogens with zero attached hydrogens (tertiary/aromatic N) is 2. The minimum atomic E-state index is -4.68. The highest BCUT2D eigenvalue weighted by Gasteiger charge is 2.42. The third kappa shape index (κ3) is 5.13. The lowest BCUT2D eigenvalue weighted by molar-refractivity contribution is -0.152. The molecule has 1 aromatic heterocycles. The first kappa shape index (κ1) is 23.5. The first-order valence-corrected chi connectivity index (χ1v) is 11.2. The second kappa shape index (κ2) is 9.70. The SMILES string of the molecule is Nc1cnc(-c2ccc(-c3ccccc3S(=O)N[C@H](c3ccccc3)C(F)(F)F)cc2F)cn1. The van der Waals surface area contributed by atoms with Crippen molar-refractivity contribution in [3.8, 4) is 22.4 Å². The van der Waals surface area contributed by atoms with Crippen LogP contribution in [-0.4, -0.2) is 20.4 Å². The summed E-state index contributed by atoms with van der Waals surface area (Å²) in [5, 5.41) is 0. The summed E-state index contributed by atoms with van der Waals surface area (Å²) in [6, 6.07) is 15.5. The molecule has 3 aromatic carbocycles. The van der Waals surface area contributed by atoms with Crippen LogP contribution in [0.4, 0.5) is 23.4 Å². The van der Waals surface area contributed by atoms with Gasteiger partial charge in [0.2, 0.25) is 0 Å². The molecule has 0 spiro atoms. The fraction of sp³-hybridized carbons (Fsp3) is 0.0833. The summed E-state index contributed by atoms with van der Waals surface area (Å²) >= 11 is 0. The van der Waals surface area contributed by atoms with Gasteiger partial charge in [-0.3, -0.25) is 4.98 Å². The lowest BCUT2D eigenvalue weighted by Crippen LogP contribution is -2.35. The molecule has 4 rings (SSSR count). The molecule has 3 N–H and O–H groups in total. The van der Waals surface area contributed by atoms with Crippen LogP contribution in [0.2, 0.25) is 0 Å². The highest BCUT2D eigenvalue weighted by atomic mass is 32.2. The van der Waals surface area contributed by atoms with E-state index in [0.717, 1.165) is 0 Å². The molecule has 0 aliphatic carbocycles. The van der Waals surface area contributed by atoms with E-state index in [0.29, 0.717) is 11.1 Å². The molecule has 0 aliphatic rings. The molecule has 0 aliphatic heterocycles. The van der Waals surface area contributed by atoms with Gasteiger partial charge in [-0.1, -0.05) is 54.6 Å². The molecule has 0 bridgehead atoms. The minimum absolute atomic E-state index is 0.0687. The third-order valence-corrected chi connectivity index (χ3v) is 6.21. The van der Waals surface area contributed by atoms with Crippen molar-refractivity contribution in [2.75, 3.05) is 5.73 Å². The van der Waals surface area contributed by atoms with Crippen molar-refractivity contribution in [3.63, 3.8) is 0 Å². The van der Waals surface area contributed by atoms with E-state index in [1.165, 1.54) is 54.9 Å². The molecule has 0 radical (unpaired) electrons. The molecule has 0 fully saturated rings. The Labute approximate surface area is 195 Å². The van der Waals surface area contributed by atoms with Gasteiger partial charge in [0.25, 0.3) is 0 Å². The lowest BCUT2D eigenvalue weighted by atomic mass is 10.0. The molecule has 4 aromatic rings. The van der Waals surface area contributed by atoms with Crippen LogP contribution >= 0.6 is 0 Å². The highest BCUT2D eigenvalue weighted by molar-refractivity contribution is 7.83. The number of anilines is 1. The Morgan fingerprint density at radius 2 is 1.59 bits per heavy atom. The summed E-state index contributed by atoms with van der Waals surface area (Å²) in [6.45, 7) is 0. The standard InChI is InChI=1S/C24H18F4N4OS/c25-19-12-16(10-11-18(19)20-13-31-22(29)14-30-20)17-8-4-5-9-21(17)34(33)32-23(24(26,27)28)15-6-2-1-3-7-15/h1-14,23,32H,(H2,29,31)/t23-,34?/m1/s1. The number of nitrogen functional groups attached to an aromatic ring is 1. The third-order valence-electron chi connectivity index (χ3n) is 5.00. The van der Waals surface area contributed by atoms with Crippen LogP contribution in [0, 0.1) is 5.82 Å². The highest BCUT2D eigenvalue weighted by Crippen LogP contribution is 2.35. The second-order valence-corrected chi connectivity index (χ2v) is 8.50. The van der Waals surface area contributed by atoms with Gasteiger partial charge in [-0.15, -0.1) is 0 Å². The first-order valence-electron chi connectivity index (χ1n) is 10.0. The van der Waals surface area contributed by atoms with E-state index >= 15 is 0 Å². The quantitative estimate of drug-likeness (QED) is 0.355. The number of nitrogens with one attached hydrogen (secondary N) is 1. The zero-order valence-electron chi connectivity index (χ0n) is 17.5. The first-order chi connectivity index (χ1) is 16.2. The molecule has 0 saturated carbocycles. The molecule has 5 nitrogen and oxygen atoms in total. The summed E-state index contributed by atoms with van der Waals surface area (Å²) in [7, 11) is -2.25. The summed E-state index contributed by atoms with van der Waals surface area (Å²) in [6.07, 6.45) is -2.04. The molecule has 2 atom stereocenters. The van der Waals surface area contributed by atoms with Gasteiger partial charge in [0.05, 0.1) is 23.0 Å². The predicted molar refractivity (Wildman–Crippen MR) is 122 cm³/mol. The van der Waals surface area contributed by atoms with Crippen LogP contribution in [0.15, 0.2) is 90.1 Å². The molecule has 1 unspecified atom stereocenters.